The Bertz CT molecular complexity index is 579. The number of ether oxygens (including phenoxy) is 1. The molecular weight excluding hydrogens is 332 g/mol. The van der Waals surface area contributed by atoms with Gasteiger partial charge in [-0.05, 0) is 30.5 Å². The molecule has 1 fully saturated rings. The van der Waals surface area contributed by atoms with Crippen LogP contribution < -0.4 is 5.32 Å². The van der Waals surface area contributed by atoms with E-state index >= 15 is 0 Å². The van der Waals surface area contributed by atoms with Gasteiger partial charge < -0.3 is 19.9 Å². The van der Waals surface area contributed by atoms with Gasteiger partial charge in [0.25, 0.3) is 0 Å². The van der Waals surface area contributed by atoms with Crippen molar-refractivity contribution in [3.63, 3.8) is 0 Å². The predicted molar refractivity (Wildman–Crippen MR) is 99.5 cm³/mol. The molecular formula is C19H30N4O3. The molecule has 7 heteroatoms. The third kappa shape index (κ3) is 5.98. The molecule has 0 unspecified atom stereocenters. The van der Waals surface area contributed by atoms with E-state index < -0.39 is 0 Å². The molecule has 1 aliphatic rings. The normalized spacial score (nSPS) is 17.2. The molecule has 0 aliphatic carbocycles. The lowest BCUT2D eigenvalue weighted by atomic mass is 10.0. The van der Waals surface area contributed by atoms with Crippen molar-refractivity contribution in [1.29, 1.82) is 0 Å². The van der Waals surface area contributed by atoms with Crippen molar-refractivity contribution >= 4 is 11.9 Å². The number of hydrogen-bond acceptors (Lipinski definition) is 4. The second kappa shape index (κ2) is 10.1. The third-order valence-corrected chi connectivity index (χ3v) is 4.53. The zero-order chi connectivity index (χ0) is 18.9. The number of likely N-dealkylation sites (tertiary alicyclic amines) is 1. The van der Waals surface area contributed by atoms with Crippen LogP contribution in [0.25, 0.3) is 0 Å². The van der Waals surface area contributed by atoms with Crippen molar-refractivity contribution in [1.82, 2.24) is 20.1 Å². The Morgan fingerprint density at radius 1 is 1.38 bits per heavy atom. The first kappa shape index (κ1) is 20.2. The minimum atomic E-state index is -0.122. The predicted octanol–water partition coefficient (Wildman–Crippen LogP) is 1.89. The summed E-state index contributed by atoms with van der Waals surface area (Å²) in [6.07, 6.45) is 5.24. The Hall–Kier alpha value is -2.15. The number of methoxy groups -OCH3 is 1. The van der Waals surface area contributed by atoms with Crippen LogP contribution in [-0.2, 0) is 16.1 Å². The number of hydrogen-bond donors (Lipinski definition) is 1. The Morgan fingerprint density at radius 2 is 2.12 bits per heavy atom. The number of aromatic nitrogens is 1. The van der Waals surface area contributed by atoms with E-state index in [1.165, 1.54) is 0 Å². The number of nitrogens with zero attached hydrogens (tertiary/aromatic N) is 3. The summed E-state index contributed by atoms with van der Waals surface area (Å²) in [4.78, 5) is 32.6. The number of nitrogens with one attached hydrogen (secondary N) is 1. The summed E-state index contributed by atoms with van der Waals surface area (Å²) in [6.45, 7) is 6.65. The van der Waals surface area contributed by atoms with Gasteiger partial charge in [0.15, 0.2) is 0 Å². The van der Waals surface area contributed by atoms with Crippen LogP contribution in [0.3, 0.4) is 0 Å². The van der Waals surface area contributed by atoms with Gasteiger partial charge >= 0.3 is 6.03 Å². The number of amides is 3. The minimum absolute atomic E-state index is 0.0126. The molecule has 0 radical (unpaired) electrons. The van der Waals surface area contributed by atoms with Gasteiger partial charge in [0.2, 0.25) is 5.91 Å². The first-order valence-electron chi connectivity index (χ1n) is 9.23. The molecule has 7 nitrogen and oxygen atoms in total. The molecule has 26 heavy (non-hydrogen) atoms. The fourth-order valence-corrected chi connectivity index (χ4v) is 3.09. The molecule has 1 atom stereocenters. The van der Waals surface area contributed by atoms with E-state index in [1.807, 2.05) is 30.9 Å². The lowest BCUT2D eigenvalue weighted by Gasteiger charge is -2.35. The molecule has 144 valence electrons. The fraction of sp³-hybridized carbons (Fsp3) is 0.632. The zero-order valence-corrected chi connectivity index (χ0v) is 16.0. The Labute approximate surface area is 155 Å². The summed E-state index contributed by atoms with van der Waals surface area (Å²) in [5, 5.41) is 3.09. The highest BCUT2D eigenvalue weighted by Gasteiger charge is 2.27. The maximum atomic E-state index is 12.8. The van der Waals surface area contributed by atoms with E-state index in [0.29, 0.717) is 26.2 Å². The van der Waals surface area contributed by atoms with E-state index in [1.54, 1.807) is 24.4 Å². The lowest BCUT2D eigenvalue weighted by molar-refractivity contribution is -0.135. The summed E-state index contributed by atoms with van der Waals surface area (Å²) in [6, 6.07) is 3.66. The first-order chi connectivity index (χ1) is 12.5. The van der Waals surface area contributed by atoms with Crippen molar-refractivity contribution in [3.05, 3.63) is 30.1 Å². The van der Waals surface area contributed by atoms with Gasteiger partial charge in [0.1, 0.15) is 0 Å². The highest BCUT2D eigenvalue weighted by atomic mass is 16.5. The van der Waals surface area contributed by atoms with Gasteiger partial charge in [-0.25, -0.2) is 4.79 Å². The molecule has 0 aromatic carbocycles. The molecule has 1 aromatic rings. The second-order valence-corrected chi connectivity index (χ2v) is 7.00. The number of pyridine rings is 1. The number of urea groups is 1. The molecule has 3 amide bonds. The largest absolute Gasteiger partial charge is 0.383 e. The van der Waals surface area contributed by atoms with Crippen molar-refractivity contribution in [2.75, 3.05) is 33.4 Å². The Morgan fingerprint density at radius 3 is 2.77 bits per heavy atom. The van der Waals surface area contributed by atoms with E-state index in [0.717, 1.165) is 24.9 Å². The standard InChI is InChI=1S/C19H30N4O3/c1-15(2)18(24)22-10-4-5-17(14-22)21-19(25)23(11-12-26-3)13-16-6-8-20-9-7-16/h6-9,15,17H,4-5,10-14H2,1-3H3,(H,21,25)/t17-/m1/s1. The quantitative estimate of drug-likeness (QED) is 0.804. The minimum Gasteiger partial charge on any atom is -0.383 e. The Balaban J connectivity index is 1.95. The van der Waals surface area contributed by atoms with Crippen LogP contribution in [0, 0.1) is 5.92 Å². The molecule has 2 heterocycles. The van der Waals surface area contributed by atoms with E-state index in [2.05, 4.69) is 10.3 Å². The summed E-state index contributed by atoms with van der Waals surface area (Å²) >= 11 is 0. The molecule has 0 spiro atoms. The maximum Gasteiger partial charge on any atom is 0.318 e. The zero-order valence-electron chi connectivity index (χ0n) is 16.0. The van der Waals surface area contributed by atoms with Gasteiger partial charge in [-0.2, -0.15) is 0 Å². The summed E-state index contributed by atoms with van der Waals surface area (Å²) in [5.41, 5.74) is 1.02. The number of carbonyl (C=O) groups is 2. The Kier molecular flexibility index (Phi) is 7.84. The average molecular weight is 362 g/mol. The van der Waals surface area contributed by atoms with Crippen LogP contribution in [0.4, 0.5) is 4.79 Å². The van der Waals surface area contributed by atoms with Crippen molar-refractivity contribution < 1.29 is 14.3 Å². The fourth-order valence-electron chi connectivity index (χ4n) is 3.09. The summed E-state index contributed by atoms with van der Waals surface area (Å²) < 4.78 is 5.14. The van der Waals surface area contributed by atoms with E-state index in [4.69, 9.17) is 4.74 Å². The summed E-state index contributed by atoms with van der Waals surface area (Å²) in [7, 11) is 1.62. The van der Waals surface area contributed by atoms with Gasteiger partial charge in [-0.15, -0.1) is 0 Å². The molecule has 1 aromatic heterocycles. The van der Waals surface area contributed by atoms with E-state index in [-0.39, 0.29) is 23.9 Å². The SMILES string of the molecule is COCCN(Cc1ccncc1)C(=O)N[C@@H]1CCCN(C(=O)C(C)C)C1. The van der Waals surface area contributed by atoms with Crippen molar-refractivity contribution in [2.45, 2.75) is 39.3 Å². The lowest BCUT2D eigenvalue weighted by Crippen LogP contribution is -2.53. The summed E-state index contributed by atoms with van der Waals surface area (Å²) in [5.74, 6) is 0.131. The van der Waals surface area contributed by atoms with Gasteiger partial charge in [-0.1, -0.05) is 13.8 Å². The molecule has 1 aliphatic heterocycles. The van der Waals surface area contributed by atoms with E-state index in [9.17, 15) is 9.59 Å². The molecule has 1 N–H and O–H groups in total. The van der Waals surface area contributed by atoms with Crippen LogP contribution in [0.15, 0.2) is 24.5 Å². The highest BCUT2D eigenvalue weighted by molar-refractivity contribution is 5.78. The topological polar surface area (TPSA) is 74.8 Å². The van der Waals surface area contributed by atoms with Gasteiger partial charge in [0.05, 0.1) is 6.61 Å². The first-order valence-corrected chi connectivity index (χ1v) is 9.23. The molecule has 0 bridgehead atoms. The number of rotatable bonds is 7. The smallest absolute Gasteiger partial charge is 0.318 e. The van der Waals surface area contributed by atoms with Crippen molar-refractivity contribution in [2.24, 2.45) is 5.92 Å². The molecule has 0 saturated carbocycles. The molecule has 2 rings (SSSR count). The third-order valence-electron chi connectivity index (χ3n) is 4.53. The van der Waals surface area contributed by atoms with Gasteiger partial charge in [-0.3, -0.25) is 9.78 Å². The number of piperidine rings is 1. The van der Waals surface area contributed by atoms with Gasteiger partial charge in [0, 0.05) is 57.6 Å². The molecule has 1 saturated heterocycles. The van der Waals surface area contributed by atoms with Crippen molar-refractivity contribution in [3.8, 4) is 0 Å². The number of carbonyl (C=O) groups excluding carboxylic acids is 2. The van der Waals surface area contributed by atoms with Crippen LogP contribution >= 0.6 is 0 Å². The maximum absolute atomic E-state index is 12.8. The average Bonchev–Trinajstić information content (AvgIpc) is 2.65. The van der Waals surface area contributed by atoms with Crippen LogP contribution in [0.1, 0.15) is 32.3 Å². The monoisotopic (exact) mass is 362 g/mol. The van der Waals surface area contributed by atoms with Crippen LogP contribution in [0.5, 0.6) is 0 Å². The van der Waals surface area contributed by atoms with Crippen LogP contribution in [-0.4, -0.2) is 66.1 Å². The highest BCUT2D eigenvalue weighted by Crippen LogP contribution is 2.14. The second-order valence-electron chi connectivity index (χ2n) is 7.00. The van der Waals surface area contributed by atoms with Crippen LogP contribution in [0.2, 0.25) is 0 Å².